The first kappa shape index (κ1) is 22.3. The van der Waals surface area contributed by atoms with E-state index in [0.717, 1.165) is 29.2 Å². The first-order chi connectivity index (χ1) is 16.5. The van der Waals surface area contributed by atoms with Gasteiger partial charge in [0.1, 0.15) is 11.5 Å². The second-order valence-corrected chi connectivity index (χ2v) is 9.66. The molecule has 4 aromatic rings. The van der Waals surface area contributed by atoms with Gasteiger partial charge < -0.3 is 14.1 Å². The van der Waals surface area contributed by atoms with Gasteiger partial charge in [0.25, 0.3) is 0 Å². The minimum atomic E-state index is -0.341. The topological polar surface area (TPSA) is 73.4 Å². The summed E-state index contributed by atoms with van der Waals surface area (Å²) in [6, 6.07) is 19.7. The Hall–Kier alpha value is -3.52. The third-order valence-corrected chi connectivity index (χ3v) is 7.08. The molecule has 0 fully saturated rings. The maximum absolute atomic E-state index is 13.5. The second kappa shape index (κ2) is 9.38. The molecule has 2 aromatic carbocycles. The highest BCUT2D eigenvalue weighted by Crippen LogP contribution is 2.35. The number of fused-ring (bicyclic) bond motifs is 1. The number of carbonyl (C=O) groups is 1. The number of para-hydroxylation sites is 1. The van der Waals surface area contributed by atoms with Gasteiger partial charge in [-0.15, -0.1) is 10.2 Å². The molecule has 8 heteroatoms. The lowest BCUT2D eigenvalue weighted by molar-refractivity contribution is -0.118. The van der Waals surface area contributed by atoms with Crippen LogP contribution in [0.3, 0.4) is 0 Å². The fraction of sp³-hybridized carbons (Fsp3) is 0.269. The Morgan fingerprint density at radius 3 is 2.82 bits per heavy atom. The lowest BCUT2D eigenvalue weighted by atomic mass is 10.1. The van der Waals surface area contributed by atoms with E-state index in [9.17, 15) is 4.79 Å². The fourth-order valence-corrected chi connectivity index (χ4v) is 5.26. The third-order valence-electron chi connectivity index (χ3n) is 6.01. The van der Waals surface area contributed by atoms with Gasteiger partial charge in [-0.1, -0.05) is 42.1 Å². The minimum absolute atomic E-state index is 0.0675. The van der Waals surface area contributed by atoms with Crippen LogP contribution in [0.2, 0.25) is 0 Å². The van der Waals surface area contributed by atoms with Crippen LogP contribution in [-0.4, -0.2) is 39.1 Å². The fourth-order valence-electron chi connectivity index (χ4n) is 4.36. The molecule has 0 aliphatic carbocycles. The number of ether oxygens (including phenoxy) is 1. The van der Waals surface area contributed by atoms with E-state index < -0.39 is 0 Å². The van der Waals surface area contributed by atoms with Gasteiger partial charge in [-0.25, -0.2) is 0 Å². The van der Waals surface area contributed by atoms with Crippen LogP contribution >= 0.6 is 11.8 Å². The van der Waals surface area contributed by atoms with Crippen molar-refractivity contribution in [3.05, 3.63) is 78.3 Å². The molecule has 0 radical (unpaired) electrons. The van der Waals surface area contributed by atoms with Crippen molar-refractivity contribution in [2.45, 2.75) is 43.3 Å². The first-order valence-electron chi connectivity index (χ1n) is 11.2. The van der Waals surface area contributed by atoms with Crippen molar-refractivity contribution in [3.8, 4) is 17.1 Å². The van der Waals surface area contributed by atoms with Crippen LogP contribution in [-0.2, 0) is 17.8 Å². The lowest BCUT2D eigenvalue weighted by Gasteiger charge is -2.25. The molecule has 0 saturated carbocycles. The lowest BCUT2D eigenvalue weighted by Crippen LogP contribution is -2.40. The number of nitrogens with zero attached hydrogens (tertiary/aromatic N) is 4. The van der Waals surface area contributed by atoms with Crippen LogP contribution in [0.25, 0.3) is 11.4 Å². The molecule has 1 aliphatic rings. The number of carbonyl (C=O) groups excluding carboxylic acids is 1. The normalized spacial score (nSPS) is 15.9. The predicted octanol–water partition coefficient (Wildman–Crippen LogP) is 5.05. The predicted molar refractivity (Wildman–Crippen MR) is 132 cm³/mol. The molecule has 34 heavy (non-hydrogen) atoms. The Bertz CT molecular complexity index is 1300. The first-order valence-corrected chi connectivity index (χ1v) is 12.1. The van der Waals surface area contributed by atoms with E-state index in [1.807, 2.05) is 71.0 Å². The summed E-state index contributed by atoms with van der Waals surface area (Å²) in [6.45, 7) is 4.48. The van der Waals surface area contributed by atoms with Gasteiger partial charge >= 0.3 is 0 Å². The molecular weight excluding hydrogens is 448 g/mol. The number of anilines is 1. The van der Waals surface area contributed by atoms with Crippen LogP contribution in [0.1, 0.15) is 25.2 Å². The molecule has 0 bridgehead atoms. The number of hydrogen-bond donors (Lipinski definition) is 0. The number of furan rings is 1. The Morgan fingerprint density at radius 1 is 1.18 bits per heavy atom. The van der Waals surface area contributed by atoms with Gasteiger partial charge in [-0.2, -0.15) is 0 Å². The van der Waals surface area contributed by atoms with Crippen molar-refractivity contribution < 1.29 is 13.9 Å². The van der Waals surface area contributed by atoms with Gasteiger partial charge in [0, 0.05) is 17.3 Å². The van der Waals surface area contributed by atoms with Crippen LogP contribution < -0.4 is 9.64 Å². The zero-order valence-electron chi connectivity index (χ0n) is 19.3. The van der Waals surface area contributed by atoms with Crippen molar-refractivity contribution in [2.75, 3.05) is 12.0 Å². The zero-order valence-corrected chi connectivity index (χ0v) is 20.2. The van der Waals surface area contributed by atoms with Gasteiger partial charge in [-0.3, -0.25) is 9.36 Å². The molecule has 2 atom stereocenters. The number of rotatable bonds is 7. The molecule has 3 heterocycles. The summed E-state index contributed by atoms with van der Waals surface area (Å²) in [4.78, 5) is 15.4. The Labute approximate surface area is 202 Å². The summed E-state index contributed by atoms with van der Waals surface area (Å²) in [6.07, 6.45) is 2.52. The van der Waals surface area contributed by atoms with Crippen molar-refractivity contribution >= 4 is 23.4 Å². The molecule has 2 aromatic heterocycles. The van der Waals surface area contributed by atoms with Crippen LogP contribution in [0.5, 0.6) is 5.75 Å². The number of benzene rings is 2. The Morgan fingerprint density at radius 2 is 2.03 bits per heavy atom. The molecule has 0 N–H and O–H groups in total. The molecule has 5 rings (SSSR count). The van der Waals surface area contributed by atoms with E-state index in [0.29, 0.717) is 17.5 Å². The molecule has 174 valence electrons. The Kier molecular flexibility index (Phi) is 6.15. The summed E-state index contributed by atoms with van der Waals surface area (Å²) >= 11 is 1.41. The molecule has 7 nitrogen and oxygen atoms in total. The maximum atomic E-state index is 13.5. The van der Waals surface area contributed by atoms with Crippen molar-refractivity contribution in [1.82, 2.24) is 14.8 Å². The van der Waals surface area contributed by atoms with Crippen molar-refractivity contribution in [1.29, 1.82) is 0 Å². The molecule has 1 aliphatic heterocycles. The highest BCUT2D eigenvalue weighted by Gasteiger charge is 2.34. The van der Waals surface area contributed by atoms with Gasteiger partial charge in [-0.05, 0) is 56.2 Å². The minimum Gasteiger partial charge on any atom is -0.497 e. The van der Waals surface area contributed by atoms with E-state index in [2.05, 4.69) is 23.2 Å². The maximum Gasteiger partial charge on any atom is 0.240 e. The van der Waals surface area contributed by atoms with Gasteiger partial charge in [0.15, 0.2) is 11.0 Å². The molecular formula is C26H26N4O3S. The molecule has 0 unspecified atom stereocenters. The van der Waals surface area contributed by atoms with E-state index in [-0.39, 0.29) is 17.2 Å². The number of methoxy groups -OCH3 is 1. The monoisotopic (exact) mass is 474 g/mol. The van der Waals surface area contributed by atoms with Crippen LogP contribution in [0.4, 0.5) is 5.69 Å². The standard InChI is InChI=1S/C26H26N4O3S/c1-17-14-19-8-4-5-12-23(19)30(17)25(31)18(2)34-26-28-27-24(20-9-6-10-21(15-20)32-3)29(26)16-22-11-7-13-33-22/h4-13,15,17-18H,14,16H2,1-3H3/t17-,18-/m0/s1. The van der Waals surface area contributed by atoms with Crippen LogP contribution in [0.15, 0.2) is 76.5 Å². The second-order valence-electron chi connectivity index (χ2n) is 8.35. The van der Waals surface area contributed by atoms with Crippen LogP contribution in [0, 0.1) is 0 Å². The van der Waals surface area contributed by atoms with E-state index in [4.69, 9.17) is 9.15 Å². The number of thioether (sulfide) groups is 1. The summed E-state index contributed by atoms with van der Waals surface area (Å²) < 4.78 is 13.0. The van der Waals surface area contributed by atoms with E-state index in [1.54, 1.807) is 13.4 Å². The summed E-state index contributed by atoms with van der Waals surface area (Å²) in [5.41, 5.74) is 3.09. The highest BCUT2D eigenvalue weighted by atomic mass is 32.2. The van der Waals surface area contributed by atoms with Crippen molar-refractivity contribution in [3.63, 3.8) is 0 Å². The summed E-state index contributed by atoms with van der Waals surface area (Å²) in [7, 11) is 1.64. The molecule has 0 spiro atoms. The van der Waals surface area contributed by atoms with Gasteiger partial charge in [0.2, 0.25) is 5.91 Å². The quantitative estimate of drug-likeness (QED) is 0.349. The molecule has 0 saturated heterocycles. The highest BCUT2D eigenvalue weighted by molar-refractivity contribution is 8.00. The zero-order chi connectivity index (χ0) is 23.7. The summed E-state index contributed by atoms with van der Waals surface area (Å²) in [5.74, 6) is 2.28. The van der Waals surface area contributed by atoms with Crippen molar-refractivity contribution in [2.24, 2.45) is 0 Å². The summed E-state index contributed by atoms with van der Waals surface area (Å²) in [5, 5.41) is 9.26. The average molecular weight is 475 g/mol. The number of amides is 1. The SMILES string of the molecule is COc1cccc(-c2nnc(S[C@@H](C)C(=O)N3c4ccccc4C[C@@H]3C)n2Cc2ccco2)c1. The van der Waals surface area contributed by atoms with E-state index >= 15 is 0 Å². The largest absolute Gasteiger partial charge is 0.497 e. The number of aromatic nitrogens is 3. The average Bonchev–Trinajstić information content (AvgIpc) is 3.58. The number of hydrogen-bond acceptors (Lipinski definition) is 6. The van der Waals surface area contributed by atoms with Gasteiger partial charge in [0.05, 0.1) is 25.2 Å². The third kappa shape index (κ3) is 4.21. The smallest absolute Gasteiger partial charge is 0.240 e. The Balaban J connectivity index is 1.45. The van der Waals surface area contributed by atoms with E-state index in [1.165, 1.54) is 17.3 Å². The molecule has 1 amide bonds.